The standard InChI is InChI=1S/CH2O3.2Mg.6H2O/c2-1(3)4;;;;;;;;/h(H2,2,3,4);;;6*1H2/q;2*+2;;;;;;/p-3. The molecule has 0 atom stereocenters. The average molecular weight is 216 g/mol. The van der Waals surface area contributed by atoms with Crippen LogP contribution < -0.4 is 10.2 Å². The van der Waals surface area contributed by atoms with Crippen molar-refractivity contribution < 1.29 is 47.9 Å². The SMILES string of the molecule is O.O.O.O.O.O=C([O-])[O-].[Mg+2].[Mg+2].[OH-]. The predicted molar refractivity (Wildman–Crippen MR) is 36.9 cm³/mol. The molecule has 0 aliphatic carbocycles. The summed E-state index contributed by atoms with van der Waals surface area (Å²) >= 11 is 0. The Morgan fingerprint density at radius 1 is 0.750 bits per heavy atom. The number of hydrogen-bond acceptors (Lipinski definition) is 4. The molecule has 0 heterocycles. The molecule has 11 N–H and O–H groups in total. The van der Waals surface area contributed by atoms with Gasteiger partial charge in [0.2, 0.25) is 0 Å². The van der Waals surface area contributed by atoms with Crippen LogP contribution in [0.25, 0.3) is 0 Å². The predicted octanol–water partition coefficient (Wildman–Crippen LogP) is -7.51. The van der Waals surface area contributed by atoms with Gasteiger partial charge in [0.15, 0.2) is 0 Å². The first-order valence-electron chi connectivity index (χ1n) is 0.612. The summed E-state index contributed by atoms with van der Waals surface area (Å²) in [4.78, 5) is 8.33. The van der Waals surface area contributed by atoms with Crippen molar-refractivity contribution in [3.63, 3.8) is 0 Å². The van der Waals surface area contributed by atoms with E-state index in [2.05, 4.69) is 0 Å². The maximum atomic E-state index is 8.33. The van der Waals surface area contributed by atoms with Crippen LogP contribution in [0.4, 0.5) is 4.79 Å². The van der Waals surface area contributed by atoms with E-state index in [1.165, 1.54) is 0 Å². The third kappa shape index (κ3) is 3050. The smallest absolute Gasteiger partial charge is 0.870 e. The maximum Gasteiger partial charge on any atom is 2.00 e. The van der Waals surface area contributed by atoms with Crippen LogP contribution >= 0.6 is 0 Å². The molecular weight excluding hydrogens is 205 g/mol. The van der Waals surface area contributed by atoms with E-state index in [0.29, 0.717) is 0 Å². The fourth-order valence-corrected chi connectivity index (χ4v) is 0. The minimum absolute atomic E-state index is 0. The molecule has 0 unspecified atom stereocenters. The van der Waals surface area contributed by atoms with Crippen molar-refractivity contribution in [2.24, 2.45) is 0 Å². The molecule has 0 aromatic heterocycles. The van der Waals surface area contributed by atoms with Crippen molar-refractivity contribution in [1.29, 1.82) is 0 Å². The number of hydrogen-bond donors (Lipinski definition) is 0. The van der Waals surface area contributed by atoms with Crippen molar-refractivity contribution in [2.75, 3.05) is 0 Å². The summed E-state index contributed by atoms with van der Waals surface area (Å²) in [6.45, 7) is 0. The van der Waals surface area contributed by atoms with E-state index in [1.807, 2.05) is 0 Å². The van der Waals surface area contributed by atoms with Gasteiger partial charge in [-0.3, -0.25) is 0 Å². The summed E-state index contributed by atoms with van der Waals surface area (Å²) < 4.78 is 0. The number of carbonyl (C=O) groups is 1. The van der Waals surface area contributed by atoms with E-state index in [1.54, 1.807) is 0 Å². The Labute approximate surface area is 99.9 Å². The second-order valence-electron chi connectivity index (χ2n) is 0.250. The summed E-state index contributed by atoms with van der Waals surface area (Å²) in [5.74, 6) is 0. The number of carbonyl (C=O) groups excluding carboxylic acids is 1. The summed E-state index contributed by atoms with van der Waals surface area (Å²) in [7, 11) is 0. The molecule has 12 heavy (non-hydrogen) atoms. The van der Waals surface area contributed by atoms with Crippen molar-refractivity contribution in [3.8, 4) is 0 Å². The molecule has 0 spiro atoms. The first-order chi connectivity index (χ1) is 1.73. The molecule has 0 radical (unpaired) electrons. The van der Waals surface area contributed by atoms with Gasteiger partial charge in [0.1, 0.15) is 0 Å². The van der Waals surface area contributed by atoms with Gasteiger partial charge in [-0.1, -0.05) is 0 Å². The van der Waals surface area contributed by atoms with Gasteiger partial charge >= 0.3 is 46.1 Å². The molecule has 0 amide bonds. The van der Waals surface area contributed by atoms with Crippen LogP contribution in [0.5, 0.6) is 0 Å². The van der Waals surface area contributed by atoms with Gasteiger partial charge in [-0.15, -0.1) is 0 Å². The van der Waals surface area contributed by atoms with Gasteiger partial charge in [-0.25, -0.2) is 0 Å². The molecule has 0 aliphatic heterocycles. The Kier molecular flexibility index (Phi) is 1120. The van der Waals surface area contributed by atoms with Crippen LogP contribution in [0.3, 0.4) is 0 Å². The first-order valence-corrected chi connectivity index (χ1v) is 0.612. The molecule has 0 rings (SSSR count). The Bertz CT molecular complexity index is 35.5. The van der Waals surface area contributed by atoms with Gasteiger partial charge in [0, 0.05) is 0 Å². The largest absolute Gasteiger partial charge is 2.00 e. The van der Waals surface area contributed by atoms with E-state index in [4.69, 9.17) is 15.0 Å². The van der Waals surface area contributed by atoms with E-state index < -0.39 is 6.16 Å². The van der Waals surface area contributed by atoms with Gasteiger partial charge in [-0.05, 0) is 6.16 Å². The normalized spacial score (nSPS) is 2.00. The van der Waals surface area contributed by atoms with Gasteiger partial charge in [0.25, 0.3) is 0 Å². The van der Waals surface area contributed by atoms with E-state index in [9.17, 15) is 0 Å². The van der Waals surface area contributed by atoms with Crippen LogP contribution in [0.2, 0.25) is 0 Å². The third-order valence-electron chi connectivity index (χ3n) is 0. The molecular formula is CH11Mg2O9+. The Morgan fingerprint density at radius 3 is 0.750 bits per heavy atom. The molecule has 0 aromatic rings. The molecule has 9 nitrogen and oxygen atoms in total. The van der Waals surface area contributed by atoms with Crippen LogP contribution in [0.1, 0.15) is 0 Å². The second kappa shape index (κ2) is 102. The molecule has 0 saturated carbocycles. The summed E-state index contributed by atoms with van der Waals surface area (Å²) in [5.41, 5.74) is 0. The minimum Gasteiger partial charge on any atom is -0.870 e. The molecule has 0 aliphatic rings. The Hall–Kier alpha value is 0.562. The van der Waals surface area contributed by atoms with Crippen molar-refractivity contribution in [1.82, 2.24) is 0 Å². The maximum absolute atomic E-state index is 8.33. The molecule has 0 bridgehead atoms. The van der Waals surface area contributed by atoms with Crippen LogP contribution in [-0.4, -0.2) is 85.1 Å². The van der Waals surface area contributed by atoms with Gasteiger partial charge in [0.05, 0.1) is 0 Å². The molecule has 0 fully saturated rings. The third-order valence-corrected chi connectivity index (χ3v) is 0. The molecule has 72 valence electrons. The molecule has 11 heteroatoms. The van der Waals surface area contributed by atoms with Crippen LogP contribution in [0, 0.1) is 0 Å². The van der Waals surface area contributed by atoms with E-state index >= 15 is 0 Å². The topological polar surface area (TPSA) is 251 Å². The summed E-state index contributed by atoms with van der Waals surface area (Å²) in [6, 6.07) is 0. The number of carboxylic acid groups (broad SMARTS) is 2. The Balaban J connectivity index is -0.00000000161. The van der Waals surface area contributed by atoms with E-state index in [0.717, 1.165) is 0 Å². The zero-order chi connectivity index (χ0) is 3.58. The number of rotatable bonds is 0. The van der Waals surface area contributed by atoms with Crippen molar-refractivity contribution in [3.05, 3.63) is 0 Å². The zero-order valence-electron chi connectivity index (χ0n) is 6.09. The average Bonchev–Trinajstić information content (AvgIpc) is 0.811. The minimum atomic E-state index is -2.33. The Morgan fingerprint density at radius 2 is 0.750 bits per heavy atom. The monoisotopic (exact) mass is 215 g/mol. The molecule has 0 saturated heterocycles. The summed E-state index contributed by atoms with van der Waals surface area (Å²) in [5, 5.41) is 16.7. The van der Waals surface area contributed by atoms with E-state index in [-0.39, 0.29) is 79.0 Å². The zero-order valence-corrected chi connectivity index (χ0v) is 8.91. The van der Waals surface area contributed by atoms with Crippen molar-refractivity contribution in [2.45, 2.75) is 0 Å². The molecule has 0 aromatic carbocycles. The first kappa shape index (κ1) is 132. The summed E-state index contributed by atoms with van der Waals surface area (Å²) in [6.07, 6.45) is -2.33. The fraction of sp³-hybridized carbons (Fsp3) is 0. The van der Waals surface area contributed by atoms with Crippen LogP contribution in [-0.2, 0) is 0 Å². The fourth-order valence-electron chi connectivity index (χ4n) is 0. The van der Waals surface area contributed by atoms with Crippen molar-refractivity contribution >= 4 is 52.3 Å². The quantitative estimate of drug-likeness (QED) is 0.357. The second-order valence-corrected chi connectivity index (χ2v) is 0.250. The van der Waals surface area contributed by atoms with Gasteiger partial charge < -0.3 is 47.9 Å². The van der Waals surface area contributed by atoms with Gasteiger partial charge in [-0.2, -0.15) is 0 Å². The van der Waals surface area contributed by atoms with Crippen LogP contribution in [0.15, 0.2) is 0 Å².